The highest BCUT2D eigenvalue weighted by Crippen LogP contribution is 2.20. The number of carbonyl (C=O) groups excluding carboxylic acids is 2. The Morgan fingerprint density at radius 3 is 2.29 bits per heavy atom. The molecule has 0 aromatic heterocycles. The molecule has 21 heavy (non-hydrogen) atoms. The Bertz CT molecular complexity index is 669. The number of ether oxygens (including phenoxy) is 1. The lowest BCUT2D eigenvalue weighted by Crippen LogP contribution is -2.06. The number of esters is 1. The number of sulfone groups is 1. The number of carbonyl (C=O) groups is 2. The molecule has 1 rings (SSSR count). The summed E-state index contributed by atoms with van der Waals surface area (Å²) in [5, 5.41) is 0. The van der Waals surface area contributed by atoms with Crippen LogP contribution in [0.4, 0.5) is 0 Å². The van der Waals surface area contributed by atoms with Gasteiger partial charge in [0, 0.05) is 6.08 Å². The summed E-state index contributed by atoms with van der Waals surface area (Å²) in [5.41, 5.74) is 0. The van der Waals surface area contributed by atoms with Crippen molar-refractivity contribution in [2.45, 2.75) is 18.7 Å². The second-order valence-corrected chi connectivity index (χ2v) is 6.01. The summed E-state index contributed by atoms with van der Waals surface area (Å²) in [5.74, 6) is -1.10. The van der Waals surface area contributed by atoms with Crippen molar-refractivity contribution in [3.05, 3.63) is 53.5 Å². The topological polar surface area (TPSA) is 77.5 Å². The third kappa shape index (κ3) is 5.00. The molecule has 1 aromatic rings. The van der Waals surface area contributed by atoms with Crippen LogP contribution < -0.4 is 0 Å². The van der Waals surface area contributed by atoms with E-state index in [4.69, 9.17) is 0 Å². The summed E-state index contributed by atoms with van der Waals surface area (Å²) in [4.78, 5) is 22.3. The largest absolute Gasteiger partial charge is 0.463 e. The molecule has 0 aliphatic rings. The molecule has 0 amide bonds. The summed E-state index contributed by atoms with van der Waals surface area (Å²) in [6.07, 6.45) is 3.03. The van der Waals surface area contributed by atoms with Gasteiger partial charge in [0.15, 0.2) is 5.78 Å². The van der Waals surface area contributed by atoms with Gasteiger partial charge < -0.3 is 4.74 Å². The van der Waals surface area contributed by atoms with Crippen molar-refractivity contribution in [3.8, 4) is 0 Å². The molecule has 6 heteroatoms. The molecular formula is C15H16O5S. The first-order chi connectivity index (χ1) is 9.87. The van der Waals surface area contributed by atoms with E-state index >= 15 is 0 Å². The molecular weight excluding hydrogens is 292 g/mol. The lowest BCUT2D eigenvalue weighted by atomic mass is 10.3. The Morgan fingerprint density at radius 1 is 1.14 bits per heavy atom. The smallest absolute Gasteiger partial charge is 0.330 e. The number of hydrogen-bond acceptors (Lipinski definition) is 5. The summed E-state index contributed by atoms with van der Waals surface area (Å²) in [7, 11) is -3.86. The third-order valence-electron chi connectivity index (χ3n) is 2.38. The van der Waals surface area contributed by atoms with Gasteiger partial charge in [0.25, 0.3) is 0 Å². The Hall–Kier alpha value is -2.21. The fourth-order valence-electron chi connectivity index (χ4n) is 1.49. The zero-order chi connectivity index (χ0) is 15.9. The molecule has 1 aromatic carbocycles. The van der Waals surface area contributed by atoms with Crippen molar-refractivity contribution in [3.63, 3.8) is 0 Å². The van der Waals surface area contributed by atoms with E-state index in [1.54, 1.807) is 25.1 Å². The van der Waals surface area contributed by atoms with Crippen LogP contribution in [0.3, 0.4) is 0 Å². The van der Waals surface area contributed by atoms with Crippen LogP contribution in [0.15, 0.2) is 58.4 Å². The molecule has 0 heterocycles. The van der Waals surface area contributed by atoms with E-state index in [0.717, 1.165) is 18.2 Å². The fraction of sp³-hybridized carbons (Fsp3) is 0.200. The van der Waals surface area contributed by atoms with Crippen LogP contribution >= 0.6 is 0 Å². The maximum absolute atomic E-state index is 12.4. The molecule has 0 aliphatic carbocycles. The van der Waals surface area contributed by atoms with Crippen molar-refractivity contribution in [1.29, 1.82) is 0 Å². The number of benzene rings is 1. The van der Waals surface area contributed by atoms with E-state index in [2.05, 4.69) is 4.74 Å². The zero-order valence-corrected chi connectivity index (χ0v) is 12.6. The van der Waals surface area contributed by atoms with E-state index in [1.807, 2.05) is 0 Å². The number of rotatable bonds is 6. The third-order valence-corrected chi connectivity index (χ3v) is 4.15. The second-order valence-electron chi connectivity index (χ2n) is 4.06. The normalized spacial score (nSPS) is 12.4. The molecule has 0 bridgehead atoms. The summed E-state index contributed by atoms with van der Waals surface area (Å²) in [6, 6.07) is 7.67. The van der Waals surface area contributed by atoms with Crippen molar-refractivity contribution < 1.29 is 22.7 Å². The highest BCUT2D eigenvalue weighted by molar-refractivity contribution is 7.95. The monoisotopic (exact) mass is 308 g/mol. The van der Waals surface area contributed by atoms with Crippen LogP contribution in [0.1, 0.15) is 13.8 Å². The Kier molecular flexibility index (Phi) is 6.05. The predicted molar refractivity (Wildman–Crippen MR) is 78.2 cm³/mol. The molecule has 0 spiro atoms. The quantitative estimate of drug-likeness (QED) is 0.456. The van der Waals surface area contributed by atoms with Crippen molar-refractivity contribution in [1.82, 2.24) is 0 Å². The van der Waals surface area contributed by atoms with Crippen LogP contribution in [-0.4, -0.2) is 26.8 Å². The minimum atomic E-state index is -3.86. The lowest BCUT2D eigenvalue weighted by molar-refractivity contribution is -0.137. The van der Waals surface area contributed by atoms with Gasteiger partial charge in [-0.15, -0.1) is 0 Å². The molecule has 112 valence electrons. The molecule has 0 saturated carbocycles. The number of allylic oxidation sites excluding steroid dienone is 2. The Balaban J connectivity index is 3.21. The second kappa shape index (κ2) is 7.54. The number of ketones is 1. The van der Waals surface area contributed by atoms with Gasteiger partial charge >= 0.3 is 5.97 Å². The summed E-state index contributed by atoms with van der Waals surface area (Å²) < 4.78 is 29.5. The SMILES string of the molecule is CCOC(=O)/C=C/C(=C\C(C)=O)S(=O)(=O)c1ccccc1. The lowest BCUT2D eigenvalue weighted by Gasteiger charge is -2.05. The first-order valence-electron chi connectivity index (χ1n) is 6.25. The van der Waals surface area contributed by atoms with E-state index < -0.39 is 21.6 Å². The van der Waals surface area contributed by atoms with Gasteiger partial charge in [-0.1, -0.05) is 18.2 Å². The molecule has 0 fully saturated rings. The minimum Gasteiger partial charge on any atom is -0.463 e. The zero-order valence-electron chi connectivity index (χ0n) is 11.8. The maximum Gasteiger partial charge on any atom is 0.330 e. The van der Waals surface area contributed by atoms with Crippen molar-refractivity contribution >= 4 is 21.6 Å². The van der Waals surface area contributed by atoms with Crippen molar-refractivity contribution in [2.24, 2.45) is 0 Å². The average molecular weight is 308 g/mol. The van der Waals surface area contributed by atoms with E-state index in [9.17, 15) is 18.0 Å². The summed E-state index contributed by atoms with van der Waals surface area (Å²) in [6.45, 7) is 3.05. The minimum absolute atomic E-state index is 0.0472. The highest BCUT2D eigenvalue weighted by atomic mass is 32.2. The molecule has 0 radical (unpaired) electrons. The fourth-order valence-corrected chi connectivity index (χ4v) is 2.85. The van der Waals surface area contributed by atoms with Gasteiger partial charge in [0.1, 0.15) is 0 Å². The average Bonchev–Trinajstić information content (AvgIpc) is 2.44. The van der Waals surface area contributed by atoms with Gasteiger partial charge in [-0.05, 0) is 38.1 Å². The molecule has 0 N–H and O–H groups in total. The Labute approximate surface area is 123 Å². The van der Waals surface area contributed by atoms with Crippen LogP contribution in [0, 0.1) is 0 Å². The summed E-state index contributed by atoms with van der Waals surface area (Å²) >= 11 is 0. The molecule has 0 unspecified atom stereocenters. The van der Waals surface area contributed by atoms with Crippen LogP contribution in [0.2, 0.25) is 0 Å². The van der Waals surface area contributed by atoms with Gasteiger partial charge in [-0.2, -0.15) is 0 Å². The van der Waals surface area contributed by atoms with Crippen LogP contribution in [0.25, 0.3) is 0 Å². The highest BCUT2D eigenvalue weighted by Gasteiger charge is 2.19. The Morgan fingerprint density at radius 2 is 1.76 bits per heavy atom. The van der Waals surface area contributed by atoms with Gasteiger partial charge in [-0.25, -0.2) is 13.2 Å². The van der Waals surface area contributed by atoms with E-state index in [-0.39, 0.29) is 16.4 Å². The van der Waals surface area contributed by atoms with Gasteiger partial charge in [0.2, 0.25) is 9.84 Å². The molecule has 0 aliphatic heterocycles. The van der Waals surface area contributed by atoms with Crippen molar-refractivity contribution in [2.75, 3.05) is 6.61 Å². The molecule has 5 nitrogen and oxygen atoms in total. The molecule has 0 atom stereocenters. The van der Waals surface area contributed by atoms with Crippen LogP contribution in [0.5, 0.6) is 0 Å². The van der Waals surface area contributed by atoms with Gasteiger partial charge in [0.05, 0.1) is 16.4 Å². The molecule has 0 saturated heterocycles. The maximum atomic E-state index is 12.4. The first-order valence-corrected chi connectivity index (χ1v) is 7.73. The standard InChI is InChI=1S/C15H16O5S/c1-3-20-15(17)10-9-14(11-12(2)16)21(18,19)13-7-5-4-6-8-13/h4-11H,3H2,1-2H3/b10-9+,14-11+. The first kappa shape index (κ1) is 16.8. The van der Waals surface area contributed by atoms with E-state index in [0.29, 0.717) is 0 Å². The van der Waals surface area contributed by atoms with E-state index in [1.165, 1.54) is 19.1 Å². The van der Waals surface area contributed by atoms with Gasteiger partial charge in [-0.3, -0.25) is 4.79 Å². The number of hydrogen-bond donors (Lipinski definition) is 0. The predicted octanol–water partition coefficient (Wildman–Crippen LogP) is 2.05. The van der Waals surface area contributed by atoms with Crippen LogP contribution in [-0.2, 0) is 24.2 Å².